The minimum atomic E-state index is -0.329. The van der Waals surface area contributed by atoms with Gasteiger partial charge in [-0.3, -0.25) is 15.6 Å². The molecule has 0 spiro atoms. The van der Waals surface area contributed by atoms with E-state index in [9.17, 15) is 4.79 Å². The molecule has 2 heterocycles. The van der Waals surface area contributed by atoms with Gasteiger partial charge in [-0.2, -0.15) is 0 Å². The van der Waals surface area contributed by atoms with Gasteiger partial charge >= 0.3 is 0 Å². The van der Waals surface area contributed by atoms with Crippen molar-refractivity contribution in [3.8, 4) is 11.5 Å². The summed E-state index contributed by atoms with van der Waals surface area (Å²) in [5.74, 6) is 0.262. The fourth-order valence-corrected chi connectivity index (χ4v) is 2.90. The molecule has 0 fully saturated rings. The van der Waals surface area contributed by atoms with Crippen LogP contribution in [-0.4, -0.2) is 35.8 Å². The Kier molecular flexibility index (Phi) is 6.00. The van der Waals surface area contributed by atoms with Gasteiger partial charge in [0.1, 0.15) is 5.69 Å². The molecule has 0 aliphatic carbocycles. The predicted octanol–water partition coefficient (Wildman–Crippen LogP) is 2.64. The number of thiocarbonyl (C=S) groups is 1. The van der Waals surface area contributed by atoms with Crippen molar-refractivity contribution in [2.45, 2.75) is 13.0 Å². The number of ether oxygens (including phenoxy) is 1. The van der Waals surface area contributed by atoms with Gasteiger partial charge in [0, 0.05) is 18.5 Å². The Balaban J connectivity index is 1.80. The van der Waals surface area contributed by atoms with Gasteiger partial charge in [-0.1, -0.05) is 18.2 Å². The lowest BCUT2D eigenvalue weighted by Crippen LogP contribution is -2.50. The lowest BCUT2D eigenvalue weighted by atomic mass is 10.1. The molecule has 0 saturated heterocycles. The Bertz CT molecular complexity index is 943. The smallest absolute Gasteiger partial charge is 0.270 e. The van der Waals surface area contributed by atoms with Crippen molar-refractivity contribution in [1.82, 2.24) is 21.2 Å². The summed E-state index contributed by atoms with van der Waals surface area (Å²) in [5.41, 5.74) is 7.08. The molecular formula is C19H20N4O3S. The van der Waals surface area contributed by atoms with E-state index in [1.54, 1.807) is 31.6 Å². The molecule has 3 rings (SSSR count). The van der Waals surface area contributed by atoms with Crippen LogP contribution in [-0.2, 0) is 4.74 Å². The number of carbonyl (C=O) groups excluding carboxylic acids is 1. The van der Waals surface area contributed by atoms with E-state index in [2.05, 4.69) is 21.2 Å². The number of furan rings is 1. The Morgan fingerprint density at radius 2 is 2.07 bits per heavy atom. The molecule has 3 N–H and O–H groups in total. The van der Waals surface area contributed by atoms with Crippen LogP contribution in [0.15, 0.2) is 53.1 Å². The number of amides is 1. The van der Waals surface area contributed by atoms with Crippen molar-refractivity contribution in [3.05, 3.63) is 54.3 Å². The maximum Gasteiger partial charge on any atom is 0.270 e. The van der Waals surface area contributed by atoms with E-state index in [1.165, 1.54) is 0 Å². The van der Waals surface area contributed by atoms with Crippen molar-refractivity contribution in [2.24, 2.45) is 0 Å². The Morgan fingerprint density at radius 1 is 1.26 bits per heavy atom. The Labute approximate surface area is 162 Å². The van der Waals surface area contributed by atoms with Gasteiger partial charge in [0.25, 0.3) is 5.91 Å². The number of nitrogens with one attached hydrogen (secondary N) is 3. The van der Waals surface area contributed by atoms with Gasteiger partial charge in [0.05, 0.1) is 24.0 Å². The van der Waals surface area contributed by atoms with Crippen LogP contribution >= 0.6 is 12.2 Å². The average molecular weight is 384 g/mol. The molecule has 7 nitrogen and oxygen atoms in total. The molecule has 1 amide bonds. The SMILES string of the molecule is COCC(C)NC(=S)NNC(=O)c1cc(-c2ccco2)nc2ccccc12. The summed E-state index contributed by atoms with van der Waals surface area (Å²) in [5, 5.41) is 4.05. The second-order valence-electron chi connectivity index (χ2n) is 5.96. The average Bonchev–Trinajstić information content (AvgIpc) is 3.20. The van der Waals surface area contributed by atoms with E-state index in [-0.39, 0.29) is 11.9 Å². The fraction of sp³-hybridized carbons (Fsp3) is 0.211. The molecule has 27 heavy (non-hydrogen) atoms. The van der Waals surface area contributed by atoms with Crippen molar-refractivity contribution >= 4 is 34.1 Å². The van der Waals surface area contributed by atoms with Crippen LogP contribution in [0.1, 0.15) is 17.3 Å². The van der Waals surface area contributed by atoms with E-state index in [0.717, 1.165) is 5.39 Å². The van der Waals surface area contributed by atoms with E-state index >= 15 is 0 Å². The van der Waals surface area contributed by atoms with Gasteiger partial charge in [-0.05, 0) is 43.4 Å². The number of pyridine rings is 1. The number of nitrogens with zero attached hydrogens (tertiary/aromatic N) is 1. The zero-order valence-corrected chi connectivity index (χ0v) is 15.8. The van der Waals surface area contributed by atoms with Crippen molar-refractivity contribution in [1.29, 1.82) is 0 Å². The lowest BCUT2D eigenvalue weighted by molar-refractivity contribution is 0.0945. The number of aromatic nitrogens is 1. The summed E-state index contributed by atoms with van der Waals surface area (Å²) in [4.78, 5) is 17.3. The molecule has 0 radical (unpaired) electrons. The number of benzene rings is 1. The highest BCUT2D eigenvalue weighted by Crippen LogP contribution is 2.25. The fourth-order valence-electron chi connectivity index (χ4n) is 2.65. The summed E-state index contributed by atoms with van der Waals surface area (Å²) in [6.07, 6.45) is 1.57. The Hall–Kier alpha value is -2.97. The van der Waals surface area contributed by atoms with Crippen LogP contribution in [0, 0.1) is 0 Å². The normalized spacial score (nSPS) is 11.8. The zero-order valence-electron chi connectivity index (χ0n) is 15.0. The monoisotopic (exact) mass is 384 g/mol. The molecule has 0 aliphatic heterocycles. The van der Waals surface area contributed by atoms with Crippen molar-refractivity contribution in [2.75, 3.05) is 13.7 Å². The van der Waals surface area contributed by atoms with Crippen molar-refractivity contribution < 1.29 is 13.9 Å². The first-order valence-corrected chi connectivity index (χ1v) is 8.78. The van der Waals surface area contributed by atoms with Crippen LogP contribution in [0.25, 0.3) is 22.4 Å². The number of hydrogen-bond donors (Lipinski definition) is 3. The molecule has 1 aromatic carbocycles. The topological polar surface area (TPSA) is 88.4 Å². The highest BCUT2D eigenvalue weighted by molar-refractivity contribution is 7.80. The first-order chi connectivity index (χ1) is 13.1. The summed E-state index contributed by atoms with van der Waals surface area (Å²) in [7, 11) is 1.61. The minimum absolute atomic E-state index is 0.0132. The van der Waals surface area contributed by atoms with Crippen LogP contribution < -0.4 is 16.2 Å². The van der Waals surface area contributed by atoms with E-state index < -0.39 is 0 Å². The van der Waals surface area contributed by atoms with E-state index in [0.29, 0.717) is 34.3 Å². The first kappa shape index (κ1) is 18.8. The van der Waals surface area contributed by atoms with Crippen LogP contribution in [0.4, 0.5) is 0 Å². The molecule has 0 aliphatic rings. The summed E-state index contributed by atoms with van der Waals surface area (Å²) >= 11 is 5.18. The molecule has 0 bridgehead atoms. The maximum atomic E-state index is 12.8. The van der Waals surface area contributed by atoms with Gasteiger partial charge in [-0.15, -0.1) is 0 Å². The van der Waals surface area contributed by atoms with Gasteiger partial charge in [-0.25, -0.2) is 4.98 Å². The highest BCUT2D eigenvalue weighted by atomic mass is 32.1. The standard InChI is InChI=1S/C19H20N4O3S/c1-12(11-25-2)20-19(27)23-22-18(24)14-10-16(17-8-5-9-26-17)21-15-7-4-3-6-13(14)15/h3-10,12H,11H2,1-2H3,(H,22,24)(H2,20,23,27). The molecule has 1 unspecified atom stereocenters. The quantitative estimate of drug-likeness (QED) is 0.460. The third kappa shape index (κ3) is 4.60. The molecule has 1 atom stereocenters. The number of para-hydroxylation sites is 1. The van der Waals surface area contributed by atoms with Crippen LogP contribution in [0.2, 0.25) is 0 Å². The number of carbonyl (C=O) groups is 1. The summed E-state index contributed by atoms with van der Waals surface area (Å²) in [6, 6.07) is 12.7. The summed E-state index contributed by atoms with van der Waals surface area (Å²) < 4.78 is 10.5. The number of methoxy groups -OCH3 is 1. The van der Waals surface area contributed by atoms with Crippen LogP contribution in [0.3, 0.4) is 0 Å². The highest BCUT2D eigenvalue weighted by Gasteiger charge is 2.15. The Morgan fingerprint density at radius 3 is 2.81 bits per heavy atom. The predicted molar refractivity (Wildman–Crippen MR) is 107 cm³/mol. The summed E-state index contributed by atoms with van der Waals surface area (Å²) in [6.45, 7) is 2.42. The van der Waals surface area contributed by atoms with E-state index in [1.807, 2.05) is 31.2 Å². The first-order valence-electron chi connectivity index (χ1n) is 8.38. The molecule has 2 aromatic heterocycles. The molecule has 0 saturated carbocycles. The van der Waals surface area contributed by atoms with Gasteiger partial charge in [0.15, 0.2) is 10.9 Å². The van der Waals surface area contributed by atoms with E-state index in [4.69, 9.17) is 21.4 Å². The third-order valence-electron chi connectivity index (χ3n) is 3.82. The van der Waals surface area contributed by atoms with Gasteiger partial charge in [0.2, 0.25) is 0 Å². The minimum Gasteiger partial charge on any atom is -0.463 e. The van der Waals surface area contributed by atoms with Crippen molar-refractivity contribution in [3.63, 3.8) is 0 Å². The molecule has 3 aromatic rings. The molecule has 140 valence electrons. The zero-order chi connectivity index (χ0) is 19.2. The molecule has 8 heteroatoms. The molecular weight excluding hydrogens is 364 g/mol. The lowest BCUT2D eigenvalue weighted by Gasteiger charge is -2.17. The third-order valence-corrected chi connectivity index (χ3v) is 4.04. The number of hydrazine groups is 1. The number of fused-ring (bicyclic) bond motifs is 1. The number of hydrogen-bond acceptors (Lipinski definition) is 5. The maximum absolute atomic E-state index is 12.8. The number of rotatable bonds is 5. The second-order valence-corrected chi connectivity index (χ2v) is 6.37. The van der Waals surface area contributed by atoms with Crippen LogP contribution in [0.5, 0.6) is 0 Å². The van der Waals surface area contributed by atoms with Gasteiger partial charge < -0.3 is 14.5 Å². The second kappa shape index (κ2) is 8.61. The largest absolute Gasteiger partial charge is 0.463 e.